The zero-order valence-electron chi connectivity index (χ0n) is 10.4. The number of nitrogens with zero attached hydrogens (tertiary/aromatic N) is 5. The lowest BCUT2D eigenvalue weighted by molar-refractivity contribution is 0.587. The van der Waals surface area contributed by atoms with Crippen molar-refractivity contribution in [3.8, 4) is 0 Å². The predicted octanol–water partition coefficient (Wildman–Crippen LogP) is 1.49. The fraction of sp³-hybridized carbons (Fsp3) is 0.545. The van der Waals surface area contributed by atoms with Crippen molar-refractivity contribution in [1.82, 2.24) is 19.6 Å². The summed E-state index contributed by atoms with van der Waals surface area (Å²) in [7, 11) is 3.89. The zero-order chi connectivity index (χ0) is 11.9. The second kappa shape index (κ2) is 3.43. The Bertz CT molecular complexity index is 507. The van der Waals surface area contributed by atoms with Crippen LogP contribution in [0.5, 0.6) is 0 Å². The summed E-state index contributed by atoms with van der Waals surface area (Å²) in [4.78, 5) is 10.7. The molecule has 0 bridgehead atoms. The van der Waals surface area contributed by atoms with E-state index in [2.05, 4.69) is 35.8 Å². The van der Waals surface area contributed by atoms with Gasteiger partial charge in [0.25, 0.3) is 0 Å². The fourth-order valence-corrected chi connectivity index (χ4v) is 1.64. The minimum Gasteiger partial charge on any atom is -0.347 e. The van der Waals surface area contributed by atoms with Crippen LogP contribution in [0.15, 0.2) is 12.5 Å². The molecule has 0 fully saturated rings. The van der Waals surface area contributed by atoms with E-state index in [1.165, 1.54) is 0 Å². The summed E-state index contributed by atoms with van der Waals surface area (Å²) in [5, 5.41) is 4.22. The highest BCUT2D eigenvalue weighted by Crippen LogP contribution is 2.26. The SMILES string of the molecule is CN(C)c1ncc(C(C)(C)C)c2ncnn12. The molecular weight excluding hydrogens is 202 g/mol. The molecule has 0 aliphatic rings. The minimum atomic E-state index is 0.0200. The molecule has 0 unspecified atom stereocenters. The molecule has 0 N–H and O–H groups in total. The third-order valence-corrected chi connectivity index (χ3v) is 2.50. The zero-order valence-corrected chi connectivity index (χ0v) is 10.4. The van der Waals surface area contributed by atoms with Crippen molar-refractivity contribution >= 4 is 11.6 Å². The summed E-state index contributed by atoms with van der Waals surface area (Å²) < 4.78 is 1.78. The normalized spacial score (nSPS) is 12.1. The molecule has 2 heterocycles. The summed E-state index contributed by atoms with van der Waals surface area (Å²) in [6.07, 6.45) is 3.46. The Balaban J connectivity index is 2.74. The van der Waals surface area contributed by atoms with Gasteiger partial charge in [-0.15, -0.1) is 0 Å². The number of hydrogen-bond acceptors (Lipinski definition) is 4. The van der Waals surface area contributed by atoms with Gasteiger partial charge < -0.3 is 4.90 Å². The predicted molar refractivity (Wildman–Crippen MR) is 63.8 cm³/mol. The second-order valence-corrected chi connectivity index (χ2v) is 5.11. The molecule has 0 atom stereocenters. The van der Waals surface area contributed by atoms with E-state index >= 15 is 0 Å². The Morgan fingerprint density at radius 2 is 1.88 bits per heavy atom. The minimum absolute atomic E-state index is 0.0200. The maximum absolute atomic E-state index is 4.43. The molecular formula is C11H17N5. The molecule has 0 radical (unpaired) electrons. The largest absolute Gasteiger partial charge is 0.347 e. The van der Waals surface area contributed by atoms with E-state index < -0.39 is 0 Å². The molecule has 2 aromatic rings. The maximum Gasteiger partial charge on any atom is 0.228 e. The average Bonchev–Trinajstić information content (AvgIpc) is 2.61. The van der Waals surface area contributed by atoms with Crippen molar-refractivity contribution in [2.75, 3.05) is 19.0 Å². The van der Waals surface area contributed by atoms with Crippen LogP contribution < -0.4 is 4.90 Å². The molecule has 5 heteroatoms. The van der Waals surface area contributed by atoms with Crippen LogP contribution in [0.25, 0.3) is 5.65 Å². The van der Waals surface area contributed by atoms with Crippen LogP contribution in [0.3, 0.4) is 0 Å². The lowest BCUT2D eigenvalue weighted by Gasteiger charge is -2.20. The fourth-order valence-electron chi connectivity index (χ4n) is 1.64. The first-order valence-electron chi connectivity index (χ1n) is 5.28. The van der Waals surface area contributed by atoms with Crippen LogP contribution in [-0.4, -0.2) is 33.7 Å². The lowest BCUT2D eigenvalue weighted by Crippen LogP contribution is -2.19. The summed E-state index contributed by atoms with van der Waals surface area (Å²) >= 11 is 0. The molecule has 0 aliphatic carbocycles. The highest BCUT2D eigenvalue weighted by molar-refractivity contribution is 5.53. The topological polar surface area (TPSA) is 46.3 Å². The van der Waals surface area contributed by atoms with Gasteiger partial charge in [-0.3, -0.25) is 0 Å². The van der Waals surface area contributed by atoms with Gasteiger partial charge in [0.15, 0.2) is 5.65 Å². The monoisotopic (exact) mass is 219 g/mol. The smallest absolute Gasteiger partial charge is 0.228 e. The first kappa shape index (κ1) is 10.9. The van der Waals surface area contributed by atoms with E-state index in [1.54, 1.807) is 10.8 Å². The van der Waals surface area contributed by atoms with Crippen molar-refractivity contribution < 1.29 is 0 Å². The molecule has 0 saturated carbocycles. The van der Waals surface area contributed by atoms with Gasteiger partial charge in [-0.2, -0.15) is 9.61 Å². The summed E-state index contributed by atoms with van der Waals surface area (Å²) in [6.45, 7) is 6.44. The molecule has 0 aliphatic heterocycles. The maximum atomic E-state index is 4.43. The van der Waals surface area contributed by atoms with Crippen LogP contribution >= 0.6 is 0 Å². The number of aromatic nitrogens is 4. The van der Waals surface area contributed by atoms with Crippen LogP contribution in [0, 0.1) is 0 Å². The van der Waals surface area contributed by atoms with Gasteiger partial charge in [0, 0.05) is 25.9 Å². The molecule has 0 spiro atoms. The van der Waals surface area contributed by atoms with E-state index in [0.29, 0.717) is 0 Å². The van der Waals surface area contributed by atoms with Crippen LogP contribution in [-0.2, 0) is 5.41 Å². The third-order valence-electron chi connectivity index (χ3n) is 2.50. The molecule has 86 valence electrons. The van der Waals surface area contributed by atoms with Gasteiger partial charge >= 0.3 is 0 Å². The van der Waals surface area contributed by atoms with Crippen molar-refractivity contribution in [3.05, 3.63) is 18.1 Å². The Morgan fingerprint density at radius 3 is 2.44 bits per heavy atom. The van der Waals surface area contributed by atoms with Gasteiger partial charge in [0.1, 0.15) is 6.33 Å². The van der Waals surface area contributed by atoms with Crippen LogP contribution in [0.1, 0.15) is 26.3 Å². The Labute approximate surface area is 95.1 Å². The Morgan fingerprint density at radius 1 is 1.19 bits per heavy atom. The van der Waals surface area contributed by atoms with Crippen LogP contribution in [0.4, 0.5) is 5.95 Å². The number of fused-ring (bicyclic) bond motifs is 1. The summed E-state index contributed by atoms with van der Waals surface area (Å²) in [5.41, 5.74) is 2.01. The average molecular weight is 219 g/mol. The standard InChI is InChI=1S/C11H17N5/c1-11(2,3)8-6-12-10(15(4)5)16-9(8)13-7-14-16/h6-7H,1-5H3. The first-order chi connectivity index (χ1) is 7.41. The Hall–Kier alpha value is -1.65. The Kier molecular flexibility index (Phi) is 2.33. The summed E-state index contributed by atoms with van der Waals surface area (Å²) in [5.74, 6) is 0.792. The third kappa shape index (κ3) is 1.62. The number of rotatable bonds is 1. The van der Waals surface area contributed by atoms with Gasteiger partial charge in [0.05, 0.1) is 0 Å². The van der Waals surface area contributed by atoms with Crippen molar-refractivity contribution in [2.45, 2.75) is 26.2 Å². The quantitative estimate of drug-likeness (QED) is 0.729. The molecule has 0 amide bonds. The molecule has 5 nitrogen and oxygen atoms in total. The van der Waals surface area contributed by atoms with Gasteiger partial charge in [0.2, 0.25) is 5.95 Å². The second-order valence-electron chi connectivity index (χ2n) is 5.11. The molecule has 2 aromatic heterocycles. The van der Waals surface area contributed by atoms with E-state index in [9.17, 15) is 0 Å². The molecule has 2 rings (SSSR count). The van der Waals surface area contributed by atoms with Crippen molar-refractivity contribution in [2.24, 2.45) is 0 Å². The molecule has 16 heavy (non-hydrogen) atoms. The molecule has 0 saturated heterocycles. The first-order valence-corrected chi connectivity index (χ1v) is 5.28. The van der Waals surface area contributed by atoms with Crippen molar-refractivity contribution in [3.63, 3.8) is 0 Å². The van der Waals surface area contributed by atoms with Crippen LogP contribution in [0.2, 0.25) is 0 Å². The highest BCUT2D eigenvalue weighted by Gasteiger charge is 2.21. The van der Waals surface area contributed by atoms with Gasteiger partial charge in [-0.05, 0) is 5.41 Å². The summed E-state index contributed by atoms with van der Waals surface area (Å²) in [6, 6.07) is 0. The van der Waals surface area contributed by atoms with Gasteiger partial charge in [-0.1, -0.05) is 20.8 Å². The molecule has 0 aromatic carbocycles. The highest BCUT2D eigenvalue weighted by atomic mass is 15.4. The van der Waals surface area contributed by atoms with Crippen molar-refractivity contribution in [1.29, 1.82) is 0 Å². The van der Waals surface area contributed by atoms with E-state index in [1.807, 2.05) is 25.2 Å². The van der Waals surface area contributed by atoms with E-state index in [4.69, 9.17) is 0 Å². The number of anilines is 1. The number of hydrogen-bond donors (Lipinski definition) is 0. The van der Waals surface area contributed by atoms with E-state index in [-0.39, 0.29) is 5.41 Å². The van der Waals surface area contributed by atoms with E-state index in [0.717, 1.165) is 17.2 Å². The van der Waals surface area contributed by atoms with Gasteiger partial charge in [-0.25, -0.2) is 9.97 Å². The lowest BCUT2D eigenvalue weighted by atomic mass is 9.89.